The van der Waals surface area contributed by atoms with Crippen molar-refractivity contribution in [1.29, 1.82) is 0 Å². The summed E-state index contributed by atoms with van der Waals surface area (Å²) in [6, 6.07) is 9.28. The standard InChI is InChI=1S/C14H16N2O3S/c1-9-7-13(16-19-9)15-14(17)10(2)20-12-6-4-5-11(8-12)18-3/h4-8,10H,1-3H3,(H,15,16,17). The van der Waals surface area contributed by atoms with E-state index in [0.29, 0.717) is 11.6 Å². The smallest absolute Gasteiger partial charge is 0.238 e. The molecule has 0 radical (unpaired) electrons. The number of hydrogen-bond acceptors (Lipinski definition) is 5. The van der Waals surface area contributed by atoms with Crippen molar-refractivity contribution < 1.29 is 14.1 Å². The number of amides is 1. The van der Waals surface area contributed by atoms with Crippen LogP contribution < -0.4 is 10.1 Å². The summed E-state index contributed by atoms with van der Waals surface area (Å²) >= 11 is 1.46. The Kier molecular flexibility index (Phi) is 4.68. The van der Waals surface area contributed by atoms with E-state index in [0.717, 1.165) is 10.6 Å². The van der Waals surface area contributed by atoms with Crippen LogP contribution in [0.25, 0.3) is 0 Å². The predicted octanol–water partition coefficient (Wildman–Crippen LogP) is 3.11. The van der Waals surface area contributed by atoms with Gasteiger partial charge in [-0.1, -0.05) is 11.2 Å². The van der Waals surface area contributed by atoms with Gasteiger partial charge in [-0.05, 0) is 32.0 Å². The number of anilines is 1. The van der Waals surface area contributed by atoms with Crippen molar-refractivity contribution in [2.45, 2.75) is 24.0 Å². The minimum atomic E-state index is -0.251. The minimum absolute atomic E-state index is 0.119. The van der Waals surface area contributed by atoms with Crippen LogP contribution in [0.5, 0.6) is 5.75 Å². The van der Waals surface area contributed by atoms with Gasteiger partial charge in [0.15, 0.2) is 5.82 Å². The van der Waals surface area contributed by atoms with Gasteiger partial charge in [0.05, 0.1) is 12.4 Å². The summed E-state index contributed by atoms with van der Waals surface area (Å²) in [5, 5.41) is 6.20. The molecule has 106 valence electrons. The van der Waals surface area contributed by atoms with E-state index in [1.54, 1.807) is 20.1 Å². The predicted molar refractivity (Wildman–Crippen MR) is 78.2 cm³/mol. The average Bonchev–Trinajstić information content (AvgIpc) is 2.84. The Morgan fingerprint density at radius 1 is 1.45 bits per heavy atom. The summed E-state index contributed by atoms with van der Waals surface area (Å²) in [6.07, 6.45) is 0. The molecule has 1 N–H and O–H groups in total. The fourth-order valence-electron chi connectivity index (χ4n) is 1.59. The SMILES string of the molecule is COc1cccc(SC(C)C(=O)Nc2cc(C)on2)c1. The van der Waals surface area contributed by atoms with E-state index in [-0.39, 0.29) is 11.2 Å². The Bertz CT molecular complexity index is 598. The Labute approximate surface area is 121 Å². The van der Waals surface area contributed by atoms with Gasteiger partial charge in [-0.15, -0.1) is 11.8 Å². The van der Waals surface area contributed by atoms with Gasteiger partial charge in [-0.2, -0.15) is 0 Å². The van der Waals surface area contributed by atoms with Crippen LogP contribution in [-0.4, -0.2) is 23.4 Å². The number of ether oxygens (including phenoxy) is 1. The zero-order valence-electron chi connectivity index (χ0n) is 11.5. The topological polar surface area (TPSA) is 64.4 Å². The largest absolute Gasteiger partial charge is 0.497 e. The van der Waals surface area contributed by atoms with E-state index < -0.39 is 0 Å². The zero-order chi connectivity index (χ0) is 14.5. The number of benzene rings is 1. The summed E-state index contributed by atoms with van der Waals surface area (Å²) in [5.74, 6) is 1.75. The lowest BCUT2D eigenvalue weighted by atomic mass is 10.3. The number of nitrogens with one attached hydrogen (secondary N) is 1. The van der Waals surface area contributed by atoms with Crippen LogP contribution in [0.15, 0.2) is 39.8 Å². The molecule has 0 aliphatic rings. The lowest BCUT2D eigenvalue weighted by Crippen LogP contribution is -2.22. The maximum atomic E-state index is 12.0. The van der Waals surface area contributed by atoms with E-state index in [2.05, 4.69) is 10.5 Å². The molecule has 0 aliphatic carbocycles. The molecule has 1 amide bonds. The van der Waals surface area contributed by atoms with Crippen LogP contribution in [0.1, 0.15) is 12.7 Å². The first-order valence-corrected chi connectivity index (χ1v) is 7.01. The van der Waals surface area contributed by atoms with E-state index in [4.69, 9.17) is 9.26 Å². The number of carbonyl (C=O) groups is 1. The molecule has 0 bridgehead atoms. The first-order chi connectivity index (χ1) is 9.58. The Hall–Kier alpha value is -1.95. The van der Waals surface area contributed by atoms with Gasteiger partial charge in [0.2, 0.25) is 5.91 Å². The molecule has 0 saturated heterocycles. The van der Waals surface area contributed by atoms with Crippen molar-refractivity contribution in [3.05, 3.63) is 36.1 Å². The number of methoxy groups -OCH3 is 1. The van der Waals surface area contributed by atoms with E-state index in [1.165, 1.54) is 11.8 Å². The number of thioether (sulfide) groups is 1. The zero-order valence-corrected chi connectivity index (χ0v) is 12.4. The molecule has 6 heteroatoms. The number of carbonyl (C=O) groups excluding carboxylic acids is 1. The van der Waals surface area contributed by atoms with Crippen LogP contribution in [0.2, 0.25) is 0 Å². The van der Waals surface area contributed by atoms with Crippen LogP contribution >= 0.6 is 11.8 Å². The highest BCUT2D eigenvalue weighted by Crippen LogP contribution is 2.27. The highest BCUT2D eigenvalue weighted by atomic mass is 32.2. The lowest BCUT2D eigenvalue weighted by molar-refractivity contribution is -0.115. The summed E-state index contributed by atoms with van der Waals surface area (Å²) < 4.78 is 10.1. The van der Waals surface area contributed by atoms with Crippen molar-refractivity contribution in [2.24, 2.45) is 0 Å². The third-order valence-electron chi connectivity index (χ3n) is 2.60. The molecule has 1 aromatic heterocycles. The summed E-state index contributed by atoms with van der Waals surface area (Å²) in [5.41, 5.74) is 0. The molecule has 2 aromatic rings. The highest BCUT2D eigenvalue weighted by Gasteiger charge is 2.16. The Morgan fingerprint density at radius 3 is 2.90 bits per heavy atom. The first kappa shape index (κ1) is 14.5. The Balaban J connectivity index is 1.96. The quantitative estimate of drug-likeness (QED) is 0.858. The Morgan fingerprint density at radius 2 is 2.25 bits per heavy atom. The molecule has 0 fully saturated rings. The number of rotatable bonds is 5. The number of aryl methyl sites for hydroxylation is 1. The molecule has 1 aromatic carbocycles. The van der Waals surface area contributed by atoms with Crippen LogP contribution in [0.4, 0.5) is 5.82 Å². The average molecular weight is 292 g/mol. The van der Waals surface area contributed by atoms with Crippen molar-refractivity contribution >= 4 is 23.5 Å². The van der Waals surface area contributed by atoms with Crippen molar-refractivity contribution in [2.75, 3.05) is 12.4 Å². The van der Waals surface area contributed by atoms with Gasteiger partial charge in [0, 0.05) is 11.0 Å². The molecule has 0 saturated carbocycles. The van der Waals surface area contributed by atoms with Crippen molar-refractivity contribution in [3.8, 4) is 5.75 Å². The van der Waals surface area contributed by atoms with E-state index in [1.807, 2.05) is 31.2 Å². The van der Waals surface area contributed by atoms with Crippen LogP contribution in [0.3, 0.4) is 0 Å². The molecule has 5 nitrogen and oxygen atoms in total. The van der Waals surface area contributed by atoms with Gasteiger partial charge in [0.25, 0.3) is 0 Å². The molecule has 1 unspecified atom stereocenters. The molecule has 0 aliphatic heterocycles. The highest BCUT2D eigenvalue weighted by molar-refractivity contribution is 8.00. The van der Waals surface area contributed by atoms with Crippen LogP contribution in [-0.2, 0) is 4.79 Å². The maximum Gasteiger partial charge on any atom is 0.238 e. The molecule has 0 spiro atoms. The normalized spacial score (nSPS) is 11.9. The molecular formula is C14H16N2O3S. The molecule has 20 heavy (non-hydrogen) atoms. The monoisotopic (exact) mass is 292 g/mol. The molecule has 1 heterocycles. The second-order valence-corrected chi connectivity index (χ2v) is 5.67. The minimum Gasteiger partial charge on any atom is -0.497 e. The van der Waals surface area contributed by atoms with E-state index in [9.17, 15) is 4.79 Å². The summed E-state index contributed by atoms with van der Waals surface area (Å²) in [7, 11) is 1.62. The fraction of sp³-hybridized carbons (Fsp3) is 0.286. The van der Waals surface area contributed by atoms with Crippen molar-refractivity contribution in [3.63, 3.8) is 0 Å². The van der Waals surface area contributed by atoms with Gasteiger partial charge in [-0.25, -0.2) is 0 Å². The molecule has 2 rings (SSSR count). The van der Waals surface area contributed by atoms with Gasteiger partial charge in [-0.3, -0.25) is 4.79 Å². The second-order valence-electron chi connectivity index (χ2n) is 4.25. The fourth-order valence-corrected chi connectivity index (χ4v) is 2.50. The first-order valence-electron chi connectivity index (χ1n) is 6.13. The number of aromatic nitrogens is 1. The van der Waals surface area contributed by atoms with Crippen molar-refractivity contribution in [1.82, 2.24) is 5.16 Å². The van der Waals surface area contributed by atoms with E-state index >= 15 is 0 Å². The lowest BCUT2D eigenvalue weighted by Gasteiger charge is -2.11. The van der Waals surface area contributed by atoms with Gasteiger partial charge in [0.1, 0.15) is 11.5 Å². The summed E-state index contributed by atoms with van der Waals surface area (Å²) in [6.45, 7) is 3.61. The molecular weight excluding hydrogens is 276 g/mol. The van der Waals surface area contributed by atoms with Gasteiger partial charge < -0.3 is 14.6 Å². The third kappa shape index (κ3) is 3.77. The number of nitrogens with zero attached hydrogens (tertiary/aromatic N) is 1. The number of hydrogen-bond donors (Lipinski definition) is 1. The third-order valence-corrected chi connectivity index (χ3v) is 3.70. The summed E-state index contributed by atoms with van der Waals surface area (Å²) in [4.78, 5) is 13.0. The van der Waals surface area contributed by atoms with Crippen LogP contribution in [0, 0.1) is 6.92 Å². The maximum absolute atomic E-state index is 12.0. The second kappa shape index (κ2) is 6.47. The molecule has 1 atom stereocenters. The van der Waals surface area contributed by atoms with Gasteiger partial charge >= 0.3 is 0 Å².